The SMILES string of the molecule is C=N.CC.CNCC1(CCC2=CCCC=C2)CCC1.NCc1ccccc1Nc1ccc(C(F)(F)F)cc1. The number of allylic oxidation sites excluding steroid dienone is 4. The van der Waals surface area contributed by atoms with Crippen molar-refractivity contribution in [2.75, 3.05) is 18.9 Å². The summed E-state index contributed by atoms with van der Waals surface area (Å²) in [7, 11) is 2.08. The van der Waals surface area contributed by atoms with E-state index in [9.17, 15) is 13.2 Å². The molecule has 0 atom stereocenters. The molecule has 0 spiro atoms. The molecule has 2 aromatic carbocycles. The number of rotatable bonds is 8. The third kappa shape index (κ3) is 10.8. The summed E-state index contributed by atoms with van der Waals surface area (Å²) in [4.78, 5) is 0. The lowest BCUT2D eigenvalue weighted by molar-refractivity contribution is -0.137. The summed E-state index contributed by atoms with van der Waals surface area (Å²) in [5.74, 6) is 0. The fourth-order valence-electron chi connectivity index (χ4n) is 4.55. The zero-order valence-electron chi connectivity index (χ0n) is 23.1. The third-order valence-corrected chi connectivity index (χ3v) is 6.71. The van der Waals surface area contributed by atoms with E-state index in [2.05, 4.69) is 42.6 Å². The minimum Gasteiger partial charge on any atom is -0.355 e. The standard InChI is InChI=1S/C14H13F3N2.C14H23N.C2H6.CH3N/c15-14(16,17)11-5-7-12(8-6-11)19-13-4-2-1-3-10(13)9-18;1-15-12-14(9-5-10-14)11-8-13-6-3-2-4-7-13;2*1-2/h1-8,19H,9,18H2;3,6-7,15H,2,4-5,8-12H2,1H3;1-2H3;2H,1H2. The zero-order valence-corrected chi connectivity index (χ0v) is 23.1. The summed E-state index contributed by atoms with van der Waals surface area (Å²) in [6.45, 7) is 8.08. The second kappa shape index (κ2) is 17.6. The summed E-state index contributed by atoms with van der Waals surface area (Å²) in [6.07, 6.45) is 12.2. The van der Waals surface area contributed by atoms with Crippen LogP contribution in [0.5, 0.6) is 0 Å². The highest BCUT2D eigenvalue weighted by molar-refractivity contribution is 5.63. The van der Waals surface area contributed by atoms with E-state index in [0.717, 1.165) is 23.4 Å². The van der Waals surface area contributed by atoms with Gasteiger partial charge in [-0.1, -0.05) is 62.3 Å². The lowest BCUT2D eigenvalue weighted by Crippen LogP contribution is -2.38. The van der Waals surface area contributed by atoms with Gasteiger partial charge in [-0.25, -0.2) is 0 Å². The molecule has 0 saturated heterocycles. The number of hydrogen-bond donors (Lipinski definition) is 4. The third-order valence-electron chi connectivity index (χ3n) is 6.71. The molecular weight excluding hydrogens is 485 g/mol. The molecule has 0 heterocycles. The van der Waals surface area contributed by atoms with Crippen LogP contribution in [-0.2, 0) is 12.7 Å². The highest BCUT2D eigenvalue weighted by Crippen LogP contribution is 2.45. The van der Waals surface area contributed by atoms with Crippen molar-refractivity contribution in [3.05, 3.63) is 83.5 Å². The maximum absolute atomic E-state index is 12.4. The molecule has 1 fully saturated rings. The van der Waals surface area contributed by atoms with Crippen LogP contribution >= 0.6 is 0 Å². The van der Waals surface area contributed by atoms with Crippen molar-refractivity contribution >= 4 is 18.1 Å². The van der Waals surface area contributed by atoms with Crippen LogP contribution in [0.2, 0.25) is 0 Å². The topological polar surface area (TPSA) is 73.9 Å². The summed E-state index contributed by atoms with van der Waals surface area (Å²) in [6, 6.07) is 12.3. The van der Waals surface area contributed by atoms with E-state index in [1.807, 2.05) is 38.1 Å². The van der Waals surface area contributed by atoms with Gasteiger partial charge in [0.2, 0.25) is 0 Å². The Morgan fingerprint density at radius 2 is 1.66 bits per heavy atom. The minimum atomic E-state index is -4.31. The van der Waals surface area contributed by atoms with Crippen LogP contribution in [0.4, 0.5) is 24.5 Å². The van der Waals surface area contributed by atoms with Gasteiger partial charge in [0.1, 0.15) is 0 Å². The number of nitrogens with one attached hydrogen (secondary N) is 3. The highest BCUT2D eigenvalue weighted by atomic mass is 19.4. The first-order valence-corrected chi connectivity index (χ1v) is 13.4. The Labute approximate surface area is 227 Å². The number of halogens is 3. The van der Waals surface area contributed by atoms with E-state index in [-0.39, 0.29) is 0 Å². The molecule has 0 radical (unpaired) electrons. The molecular formula is C31H45F3N4. The average molecular weight is 531 g/mol. The second-order valence-electron chi connectivity index (χ2n) is 9.20. The highest BCUT2D eigenvalue weighted by Gasteiger charge is 2.35. The Kier molecular flexibility index (Phi) is 15.3. The van der Waals surface area contributed by atoms with Crippen molar-refractivity contribution in [2.24, 2.45) is 11.1 Å². The van der Waals surface area contributed by atoms with Crippen molar-refractivity contribution in [3.8, 4) is 0 Å². The zero-order chi connectivity index (χ0) is 28.4. The van der Waals surface area contributed by atoms with E-state index < -0.39 is 11.7 Å². The monoisotopic (exact) mass is 530 g/mol. The molecule has 0 aromatic heterocycles. The largest absolute Gasteiger partial charge is 0.416 e. The maximum atomic E-state index is 12.4. The minimum absolute atomic E-state index is 0.365. The summed E-state index contributed by atoms with van der Waals surface area (Å²) in [5, 5.41) is 11.9. The van der Waals surface area contributed by atoms with E-state index in [4.69, 9.17) is 11.1 Å². The van der Waals surface area contributed by atoms with E-state index in [1.54, 1.807) is 5.57 Å². The van der Waals surface area contributed by atoms with Gasteiger partial charge in [-0.15, -0.1) is 0 Å². The molecule has 7 heteroatoms. The predicted octanol–water partition coefficient (Wildman–Crippen LogP) is 8.63. The average Bonchev–Trinajstić information content (AvgIpc) is 2.93. The molecule has 2 aromatic rings. The Hall–Kier alpha value is -2.90. The van der Waals surface area contributed by atoms with Gasteiger partial charge in [0, 0.05) is 24.5 Å². The Balaban J connectivity index is 0.000000343. The Morgan fingerprint density at radius 1 is 1.00 bits per heavy atom. The Bertz CT molecular complexity index is 977. The van der Waals surface area contributed by atoms with Crippen LogP contribution in [0, 0.1) is 10.8 Å². The molecule has 4 nitrogen and oxygen atoms in total. The van der Waals surface area contributed by atoms with Crippen molar-refractivity contribution < 1.29 is 13.2 Å². The summed E-state index contributed by atoms with van der Waals surface area (Å²) >= 11 is 0. The fraction of sp³-hybridized carbons (Fsp3) is 0.452. The molecule has 210 valence electrons. The van der Waals surface area contributed by atoms with E-state index in [1.165, 1.54) is 63.6 Å². The molecule has 0 unspecified atom stereocenters. The molecule has 2 aliphatic carbocycles. The molecule has 0 aliphatic heterocycles. The lowest BCUT2D eigenvalue weighted by atomic mass is 9.65. The van der Waals surface area contributed by atoms with Gasteiger partial charge >= 0.3 is 6.18 Å². The molecule has 0 amide bonds. The molecule has 38 heavy (non-hydrogen) atoms. The molecule has 2 aliphatic rings. The molecule has 1 saturated carbocycles. The van der Waals surface area contributed by atoms with Crippen molar-refractivity contribution in [1.82, 2.24) is 5.32 Å². The predicted molar refractivity (Wildman–Crippen MR) is 156 cm³/mol. The van der Waals surface area contributed by atoms with Crippen molar-refractivity contribution in [1.29, 1.82) is 5.41 Å². The van der Waals surface area contributed by atoms with Crippen LogP contribution in [0.1, 0.15) is 69.9 Å². The van der Waals surface area contributed by atoms with Crippen molar-refractivity contribution in [2.45, 2.75) is 71.5 Å². The number of nitrogens with two attached hydrogens (primary N) is 1. The van der Waals surface area contributed by atoms with Crippen LogP contribution in [0.3, 0.4) is 0 Å². The fourth-order valence-corrected chi connectivity index (χ4v) is 4.55. The first kappa shape index (κ1) is 33.1. The van der Waals surface area contributed by atoms with E-state index >= 15 is 0 Å². The number of alkyl halides is 3. The molecule has 0 bridgehead atoms. The van der Waals surface area contributed by atoms with Gasteiger partial charge in [-0.2, -0.15) is 13.2 Å². The normalized spacial score (nSPS) is 15.2. The lowest BCUT2D eigenvalue weighted by Gasteiger charge is -2.42. The van der Waals surface area contributed by atoms with Crippen LogP contribution in [0.15, 0.2) is 72.3 Å². The van der Waals surface area contributed by atoms with Gasteiger partial charge in [-0.3, -0.25) is 0 Å². The number of hydrogen-bond acceptors (Lipinski definition) is 4. The number of benzene rings is 2. The number of anilines is 2. The molecule has 4 rings (SSSR count). The van der Waals surface area contributed by atoms with E-state index in [0.29, 0.717) is 17.6 Å². The number of para-hydroxylation sites is 1. The van der Waals surface area contributed by atoms with Crippen LogP contribution in [0.25, 0.3) is 0 Å². The second-order valence-corrected chi connectivity index (χ2v) is 9.20. The smallest absolute Gasteiger partial charge is 0.355 e. The Morgan fingerprint density at radius 3 is 2.16 bits per heavy atom. The van der Waals surface area contributed by atoms with Crippen LogP contribution in [-0.4, -0.2) is 20.3 Å². The molecule has 5 N–H and O–H groups in total. The first-order chi connectivity index (χ1) is 18.3. The van der Waals surface area contributed by atoms with Crippen molar-refractivity contribution in [3.63, 3.8) is 0 Å². The van der Waals surface area contributed by atoms with Gasteiger partial charge in [-0.05, 0) is 93.6 Å². The first-order valence-electron chi connectivity index (χ1n) is 13.4. The summed E-state index contributed by atoms with van der Waals surface area (Å²) in [5.41, 5.74) is 9.44. The van der Waals surface area contributed by atoms with Gasteiger partial charge in [0.25, 0.3) is 0 Å². The quantitative estimate of drug-likeness (QED) is 0.258. The summed E-state index contributed by atoms with van der Waals surface area (Å²) < 4.78 is 37.3. The van der Waals surface area contributed by atoms with Gasteiger partial charge < -0.3 is 21.8 Å². The maximum Gasteiger partial charge on any atom is 0.416 e. The van der Waals surface area contributed by atoms with Gasteiger partial charge in [0.15, 0.2) is 0 Å². The van der Waals surface area contributed by atoms with Crippen LogP contribution < -0.4 is 16.4 Å². The van der Waals surface area contributed by atoms with Gasteiger partial charge in [0.05, 0.1) is 5.56 Å².